The average molecular weight is 385 g/mol. The van der Waals surface area contributed by atoms with Gasteiger partial charge in [0.1, 0.15) is 18.4 Å². The molecule has 0 saturated heterocycles. The minimum atomic E-state index is -1.08. The molecule has 3 aliphatic rings. The molecule has 3 fully saturated rings. The van der Waals surface area contributed by atoms with E-state index in [2.05, 4.69) is 6.58 Å². The van der Waals surface area contributed by atoms with E-state index in [1.807, 2.05) is 0 Å². The molecule has 0 spiro atoms. The zero-order valence-corrected chi connectivity index (χ0v) is 16.3. The summed E-state index contributed by atoms with van der Waals surface area (Å²) in [6, 6.07) is 0. The zero-order valence-electron chi connectivity index (χ0n) is 16.3. The Labute approximate surface area is 161 Å². The Morgan fingerprint density at radius 3 is 2.22 bits per heavy atom. The van der Waals surface area contributed by atoms with Crippen molar-refractivity contribution in [2.45, 2.75) is 95.2 Å². The number of carbonyl (C=O) groups is 1. The van der Waals surface area contributed by atoms with Crippen LogP contribution in [0.5, 0.6) is 0 Å². The van der Waals surface area contributed by atoms with Crippen molar-refractivity contribution in [1.82, 2.24) is 0 Å². The molecule has 0 bridgehead atoms. The fourth-order valence-electron chi connectivity index (χ4n) is 5.14. The van der Waals surface area contributed by atoms with Gasteiger partial charge in [0, 0.05) is 0 Å². The fraction of sp³-hybridized carbons (Fsp3) is 0.864. The van der Waals surface area contributed by atoms with Crippen LogP contribution in [0.1, 0.15) is 70.6 Å². The van der Waals surface area contributed by atoms with Crippen molar-refractivity contribution in [3.63, 3.8) is 0 Å². The van der Waals surface area contributed by atoms with Gasteiger partial charge in [0.25, 0.3) is 0 Å². The summed E-state index contributed by atoms with van der Waals surface area (Å²) in [7, 11) is 0. The first-order valence-electron chi connectivity index (χ1n) is 10.8. The zero-order chi connectivity index (χ0) is 19.2. The molecular weight excluding hydrogens is 350 g/mol. The van der Waals surface area contributed by atoms with E-state index in [9.17, 15) is 13.6 Å². The topological polar surface area (TPSA) is 35.5 Å². The number of carbonyl (C=O) groups excluding carboxylic acids is 1. The Morgan fingerprint density at radius 1 is 0.926 bits per heavy atom. The van der Waals surface area contributed by atoms with E-state index in [4.69, 9.17) is 9.47 Å². The van der Waals surface area contributed by atoms with Crippen LogP contribution in [0.2, 0.25) is 0 Å². The van der Waals surface area contributed by atoms with Gasteiger partial charge in [-0.05, 0) is 82.5 Å². The predicted octanol–water partition coefficient (Wildman–Crippen LogP) is 5.33. The third kappa shape index (κ3) is 5.75. The number of rotatable bonds is 6. The van der Waals surface area contributed by atoms with E-state index >= 15 is 0 Å². The summed E-state index contributed by atoms with van der Waals surface area (Å²) < 4.78 is 39.2. The highest BCUT2D eigenvalue weighted by Gasteiger charge is 2.39. The smallest absolute Gasteiger partial charge is 0.309 e. The molecule has 0 aromatic heterocycles. The SMILES string of the molecule is C=CCOC1CCC(C(=O)OC2CCC(C3CCC(F)CC3)CC2F)CC1. The molecule has 3 saturated carbocycles. The normalized spacial score (nSPS) is 40.3. The van der Waals surface area contributed by atoms with Crippen LogP contribution in [0.25, 0.3) is 0 Å². The number of esters is 1. The lowest BCUT2D eigenvalue weighted by Gasteiger charge is -2.38. The predicted molar refractivity (Wildman–Crippen MR) is 101 cm³/mol. The largest absolute Gasteiger partial charge is 0.459 e. The molecule has 0 aromatic rings. The van der Waals surface area contributed by atoms with Crippen LogP contribution in [0.15, 0.2) is 12.7 Å². The number of hydrogen-bond donors (Lipinski definition) is 0. The molecular formula is C22H34F2O3. The third-order valence-corrected chi connectivity index (χ3v) is 6.85. The van der Waals surface area contributed by atoms with Gasteiger partial charge in [0.15, 0.2) is 0 Å². The molecule has 3 rings (SSSR count). The molecule has 27 heavy (non-hydrogen) atoms. The van der Waals surface area contributed by atoms with E-state index in [1.54, 1.807) is 6.08 Å². The summed E-state index contributed by atoms with van der Waals surface area (Å²) in [4.78, 5) is 12.5. The van der Waals surface area contributed by atoms with E-state index in [-0.39, 0.29) is 18.0 Å². The van der Waals surface area contributed by atoms with Crippen molar-refractivity contribution < 1.29 is 23.0 Å². The van der Waals surface area contributed by atoms with Crippen LogP contribution in [0.3, 0.4) is 0 Å². The highest BCUT2D eigenvalue weighted by molar-refractivity contribution is 5.72. The first-order chi connectivity index (χ1) is 13.1. The van der Waals surface area contributed by atoms with Crippen molar-refractivity contribution in [2.75, 3.05) is 6.61 Å². The van der Waals surface area contributed by atoms with Gasteiger partial charge in [-0.15, -0.1) is 6.58 Å². The molecule has 0 amide bonds. The van der Waals surface area contributed by atoms with Gasteiger partial charge in [-0.2, -0.15) is 0 Å². The van der Waals surface area contributed by atoms with Crippen molar-refractivity contribution in [3.8, 4) is 0 Å². The van der Waals surface area contributed by atoms with E-state index in [0.717, 1.165) is 44.9 Å². The van der Waals surface area contributed by atoms with Crippen LogP contribution < -0.4 is 0 Å². The second kappa shape index (κ2) is 9.99. The van der Waals surface area contributed by atoms with Gasteiger partial charge in [0.05, 0.1) is 18.6 Å². The molecule has 0 radical (unpaired) electrons. The maximum Gasteiger partial charge on any atom is 0.309 e. The number of ether oxygens (including phenoxy) is 2. The second-order valence-electron chi connectivity index (χ2n) is 8.67. The first-order valence-corrected chi connectivity index (χ1v) is 10.8. The summed E-state index contributed by atoms with van der Waals surface area (Å²) >= 11 is 0. The second-order valence-corrected chi connectivity index (χ2v) is 8.67. The van der Waals surface area contributed by atoms with Crippen molar-refractivity contribution >= 4 is 5.97 Å². The summed E-state index contributed by atoms with van der Waals surface area (Å²) in [5, 5.41) is 0. The quantitative estimate of drug-likeness (QED) is 0.459. The molecule has 3 nitrogen and oxygen atoms in total. The van der Waals surface area contributed by atoms with Crippen LogP contribution in [0.4, 0.5) is 8.78 Å². The lowest BCUT2D eigenvalue weighted by Crippen LogP contribution is -2.39. The van der Waals surface area contributed by atoms with Crippen LogP contribution >= 0.6 is 0 Å². The number of hydrogen-bond acceptors (Lipinski definition) is 3. The molecule has 0 aliphatic heterocycles. The van der Waals surface area contributed by atoms with E-state index in [0.29, 0.717) is 44.1 Å². The fourth-order valence-corrected chi connectivity index (χ4v) is 5.14. The minimum absolute atomic E-state index is 0.127. The lowest BCUT2D eigenvalue weighted by molar-refractivity contribution is -0.162. The van der Waals surface area contributed by atoms with Gasteiger partial charge >= 0.3 is 5.97 Å². The average Bonchev–Trinajstić information content (AvgIpc) is 2.69. The summed E-state index contributed by atoms with van der Waals surface area (Å²) in [5.74, 6) is 0.400. The van der Waals surface area contributed by atoms with Crippen LogP contribution in [-0.4, -0.2) is 37.1 Å². The molecule has 5 heteroatoms. The summed E-state index contributed by atoms with van der Waals surface area (Å²) in [6.07, 6.45) is 7.71. The molecule has 0 N–H and O–H groups in total. The van der Waals surface area contributed by atoms with Gasteiger partial charge in [-0.1, -0.05) is 6.08 Å². The summed E-state index contributed by atoms with van der Waals surface area (Å²) in [5.41, 5.74) is 0. The van der Waals surface area contributed by atoms with E-state index < -0.39 is 18.4 Å². The van der Waals surface area contributed by atoms with Crippen molar-refractivity contribution in [1.29, 1.82) is 0 Å². The summed E-state index contributed by atoms with van der Waals surface area (Å²) in [6.45, 7) is 4.19. The highest BCUT2D eigenvalue weighted by Crippen LogP contribution is 2.41. The Hall–Kier alpha value is -0.970. The Morgan fingerprint density at radius 2 is 1.59 bits per heavy atom. The van der Waals surface area contributed by atoms with Gasteiger partial charge in [-0.25, -0.2) is 8.78 Å². The van der Waals surface area contributed by atoms with E-state index in [1.165, 1.54) is 0 Å². The van der Waals surface area contributed by atoms with Crippen molar-refractivity contribution in [3.05, 3.63) is 12.7 Å². The lowest BCUT2D eigenvalue weighted by atomic mass is 9.72. The standard InChI is InChI=1S/C22H34F2O3/c1-2-13-26-19-10-5-16(6-11-19)22(25)27-21-12-7-17(14-20(21)24)15-3-8-18(23)9-4-15/h2,15-21H,1,3-14H2. The van der Waals surface area contributed by atoms with Gasteiger partial charge in [-0.3, -0.25) is 4.79 Å². The molecule has 3 unspecified atom stereocenters. The first kappa shape index (κ1) is 20.8. The Bertz CT molecular complexity index is 482. The monoisotopic (exact) mass is 384 g/mol. The number of halogens is 2. The Balaban J connectivity index is 1.40. The molecule has 0 heterocycles. The van der Waals surface area contributed by atoms with Gasteiger partial charge < -0.3 is 9.47 Å². The minimum Gasteiger partial charge on any atom is -0.459 e. The van der Waals surface area contributed by atoms with Crippen LogP contribution in [-0.2, 0) is 14.3 Å². The maximum absolute atomic E-state index is 14.7. The highest BCUT2D eigenvalue weighted by atomic mass is 19.1. The third-order valence-electron chi connectivity index (χ3n) is 6.85. The molecule has 3 aliphatic carbocycles. The van der Waals surface area contributed by atoms with Crippen LogP contribution in [0, 0.1) is 17.8 Å². The van der Waals surface area contributed by atoms with Crippen molar-refractivity contribution in [2.24, 2.45) is 17.8 Å². The molecule has 154 valence electrons. The maximum atomic E-state index is 14.7. The van der Waals surface area contributed by atoms with Gasteiger partial charge in [0.2, 0.25) is 0 Å². The number of alkyl halides is 2. The molecule has 3 atom stereocenters. The Kier molecular flexibility index (Phi) is 7.68. The molecule has 0 aromatic carbocycles.